The third kappa shape index (κ3) is 7.05. The Kier molecular flexibility index (Phi) is 12.6. The summed E-state index contributed by atoms with van der Waals surface area (Å²) in [6.07, 6.45) is 11.0. The Balaban J connectivity index is 2.63. The van der Waals surface area contributed by atoms with Crippen LogP contribution in [0.5, 0.6) is 0 Å². The van der Waals surface area contributed by atoms with Gasteiger partial charge in [0.1, 0.15) is 0 Å². The first-order valence-corrected chi connectivity index (χ1v) is 15.9. The standard InChI is InChI=1S/C25H52BrNOSi/c1-9-27(10-2)25(17-14-12-11-13-15-18-26)20-24(25)16-19-28-29(21(3)4,22(5)6)23(7)8/h21-24H,9-20H2,1-8H3/t24-,25+/m1/s1. The predicted molar refractivity (Wildman–Crippen MR) is 137 cm³/mol. The highest BCUT2D eigenvalue weighted by atomic mass is 79.9. The van der Waals surface area contributed by atoms with Gasteiger partial charge in [-0.25, -0.2) is 0 Å². The number of halogens is 1. The molecule has 1 saturated carbocycles. The van der Waals surface area contributed by atoms with Gasteiger partial charge < -0.3 is 4.43 Å². The summed E-state index contributed by atoms with van der Waals surface area (Å²) in [7, 11) is -1.72. The number of nitrogens with zero attached hydrogens (tertiary/aromatic N) is 1. The first kappa shape index (κ1) is 27.7. The van der Waals surface area contributed by atoms with Crippen LogP contribution in [0.2, 0.25) is 16.6 Å². The zero-order chi connectivity index (χ0) is 22.1. The van der Waals surface area contributed by atoms with Gasteiger partial charge in [0.05, 0.1) is 0 Å². The highest BCUT2D eigenvalue weighted by molar-refractivity contribution is 9.09. The average molecular weight is 491 g/mol. The average Bonchev–Trinajstić information content (AvgIpc) is 3.35. The van der Waals surface area contributed by atoms with Crippen molar-refractivity contribution >= 4 is 24.2 Å². The molecule has 0 heterocycles. The normalized spacial score (nSPS) is 22.4. The fourth-order valence-electron chi connectivity index (χ4n) is 6.38. The van der Waals surface area contributed by atoms with Crippen molar-refractivity contribution in [3.8, 4) is 0 Å². The Morgan fingerprint density at radius 1 is 0.897 bits per heavy atom. The molecule has 1 rings (SSSR count). The van der Waals surface area contributed by atoms with E-state index in [1.165, 1.54) is 64.5 Å². The third-order valence-corrected chi connectivity index (χ3v) is 14.5. The van der Waals surface area contributed by atoms with E-state index in [1.54, 1.807) is 0 Å². The number of alkyl halides is 1. The minimum Gasteiger partial charge on any atom is -0.416 e. The van der Waals surface area contributed by atoms with Gasteiger partial charge in [-0.1, -0.05) is 97.0 Å². The molecule has 0 radical (unpaired) electrons. The summed E-state index contributed by atoms with van der Waals surface area (Å²) < 4.78 is 6.89. The van der Waals surface area contributed by atoms with Crippen LogP contribution in [0.15, 0.2) is 0 Å². The van der Waals surface area contributed by atoms with Gasteiger partial charge in [0, 0.05) is 17.5 Å². The van der Waals surface area contributed by atoms with Gasteiger partial charge in [-0.2, -0.15) is 0 Å². The number of rotatable bonds is 17. The van der Waals surface area contributed by atoms with Crippen molar-refractivity contribution in [2.24, 2.45) is 5.92 Å². The largest absolute Gasteiger partial charge is 0.416 e. The predicted octanol–water partition coefficient (Wildman–Crippen LogP) is 8.40. The Morgan fingerprint density at radius 3 is 1.90 bits per heavy atom. The second kappa shape index (κ2) is 13.2. The molecule has 0 aromatic heterocycles. The van der Waals surface area contributed by atoms with Crippen LogP contribution in [-0.2, 0) is 4.43 Å². The number of hydrogen-bond acceptors (Lipinski definition) is 2. The van der Waals surface area contributed by atoms with Crippen LogP contribution in [0, 0.1) is 5.92 Å². The molecule has 0 bridgehead atoms. The molecule has 0 aliphatic heterocycles. The van der Waals surface area contributed by atoms with E-state index >= 15 is 0 Å². The van der Waals surface area contributed by atoms with Crippen LogP contribution >= 0.6 is 15.9 Å². The Hall–Kier alpha value is 0.617. The van der Waals surface area contributed by atoms with Crippen LogP contribution in [0.3, 0.4) is 0 Å². The lowest BCUT2D eigenvalue weighted by atomic mass is 10.00. The molecule has 2 atom stereocenters. The highest BCUT2D eigenvalue weighted by Gasteiger charge is 2.56. The molecule has 2 nitrogen and oxygen atoms in total. The van der Waals surface area contributed by atoms with E-state index in [-0.39, 0.29) is 0 Å². The maximum Gasteiger partial charge on any atom is 0.200 e. The SMILES string of the molecule is CCN(CC)[C@@]1(CCCCCCCBr)C[C@H]1CCO[Si](C(C)C)(C(C)C)C(C)C. The van der Waals surface area contributed by atoms with Crippen molar-refractivity contribution in [1.29, 1.82) is 0 Å². The number of hydrogen-bond donors (Lipinski definition) is 0. The fourth-order valence-corrected chi connectivity index (χ4v) is 12.2. The lowest BCUT2D eigenvalue weighted by Crippen LogP contribution is -2.48. The van der Waals surface area contributed by atoms with Gasteiger partial charge in [0.2, 0.25) is 0 Å². The molecule has 1 aliphatic rings. The molecule has 0 unspecified atom stereocenters. The lowest BCUT2D eigenvalue weighted by molar-refractivity contribution is 0.155. The van der Waals surface area contributed by atoms with E-state index in [4.69, 9.17) is 4.43 Å². The first-order valence-electron chi connectivity index (χ1n) is 12.7. The van der Waals surface area contributed by atoms with Crippen molar-refractivity contribution in [2.45, 2.75) is 129 Å². The van der Waals surface area contributed by atoms with Gasteiger partial charge in [0.15, 0.2) is 8.32 Å². The molecule has 1 aliphatic carbocycles. The maximum absolute atomic E-state index is 6.89. The molecule has 4 heteroatoms. The Bertz CT molecular complexity index is 417. The lowest BCUT2D eigenvalue weighted by Gasteiger charge is -2.42. The fraction of sp³-hybridized carbons (Fsp3) is 1.00. The van der Waals surface area contributed by atoms with E-state index in [1.807, 2.05) is 0 Å². The molecule has 0 aromatic rings. The van der Waals surface area contributed by atoms with Crippen LogP contribution in [0.25, 0.3) is 0 Å². The number of unbranched alkanes of at least 4 members (excludes halogenated alkanes) is 4. The third-order valence-electron chi connectivity index (χ3n) is 7.86. The minimum atomic E-state index is -1.72. The van der Waals surface area contributed by atoms with E-state index in [2.05, 4.69) is 76.2 Å². The molecule has 0 spiro atoms. The monoisotopic (exact) mass is 489 g/mol. The van der Waals surface area contributed by atoms with Crippen molar-refractivity contribution in [1.82, 2.24) is 4.90 Å². The summed E-state index contributed by atoms with van der Waals surface area (Å²) >= 11 is 3.55. The van der Waals surface area contributed by atoms with Crippen LogP contribution < -0.4 is 0 Å². The van der Waals surface area contributed by atoms with Gasteiger partial charge >= 0.3 is 0 Å². The second-order valence-electron chi connectivity index (χ2n) is 10.3. The summed E-state index contributed by atoms with van der Waals surface area (Å²) in [6.45, 7) is 22.5. The molecule has 0 N–H and O–H groups in total. The molecule has 0 saturated heterocycles. The van der Waals surface area contributed by atoms with E-state index < -0.39 is 8.32 Å². The minimum absolute atomic E-state index is 0.486. The van der Waals surface area contributed by atoms with Crippen LogP contribution in [0.4, 0.5) is 0 Å². The maximum atomic E-state index is 6.89. The van der Waals surface area contributed by atoms with E-state index in [9.17, 15) is 0 Å². The van der Waals surface area contributed by atoms with Gasteiger partial charge in [-0.05, 0) is 61.3 Å². The molecular formula is C25H52BrNOSi. The van der Waals surface area contributed by atoms with E-state index in [0.717, 1.165) is 17.9 Å². The van der Waals surface area contributed by atoms with Gasteiger partial charge in [-0.3, -0.25) is 4.90 Å². The summed E-state index contributed by atoms with van der Waals surface area (Å²) in [4.78, 5) is 2.77. The van der Waals surface area contributed by atoms with Crippen molar-refractivity contribution < 1.29 is 4.43 Å². The summed E-state index contributed by atoms with van der Waals surface area (Å²) in [5.41, 5.74) is 2.55. The molecule has 0 aromatic carbocycles. The second-order valence-corrected chi connectivity index (χ2v) is 16.6. The molecular weight excluding hydrogens is 438 g/mol. The zero-order valence-electron chi connectivity index (χ0n) is 21.0. The van der Waals surface area contributed by atoms with Crippen molar-refractivity contribution in [3.05, 3.63) is 0 Å². The smallest absolute Gasteiger partial charge is 0.200 e. The Morgan fingerprint density at radius 2 is 1.41 bits per heavy atom. The molecule has 0 amide bonds. The van der Waals surface area contributed by atoms with Crippen LogP contribution in [-0.4, -0.2) is 43.8 Å². The van der Waals surface area contributed by atoms with Crippen molar-refractivity contribution in [3.63, 3.8) is 0 Å². The van der Waals surface area contributed by atoms with Crippen molar-refractivity contribution in [2.75, 3.05) is 25.0 Å². The zero-order valence-corrected chi connectivity index (χ0v) is 23.6. The summed E-state index contributed by atoms with van der Waals surface area (Å²) in [6, 6.07) is 0. The molecule has 1 fully saturated rings. The van der Waals surface area contributed by atoms with Gasteiger partial charge in [-0.15, -0.1) is 0 Å². The van der Waals surface area contributed by atoms with Crippen LogP contribution in [0.1, 0.15) is 107 Å². The molecule has 174 valence electrons. The topological polar surface area (TPSA) is 12.5 Å². The quantitative estimate of drug-likeness (QED) is 0.115. The Labute approximate surface area is 193 Å². The first-order chi connectivity index (χ1) is 13.7. The summed E-state index contributed by atoms with van der Waals surface area (Å²) in [5, 5.41) is 1.16. The summed E-state index contributed by atoms with van der Waals surface area (Å²) in [5.74, 6) is 0.850. The molecule has 29 heavy (non-hydrogen) atoms. The van der Waals surface area contributed by atoms with E-state index in [0.29, 0.717) is 22.2 Å². The van der Waals surface area contributed by atoms with Gasteiger partial charge in [0.25, 0.3) is 0 Å². The highest BCUT2D eigenvalue weighted by Crippen LogP contribution is 2.54.